The van der Waals surface area contributed by atoms with Crippen LogP contribution in [0.4, 0.5) is 5.69 Å². The average Bonchev–Trinajstić information content (AvgIpc) is 2.52. The van der Waals surface area contributed by atoms with Gasteiger partial charge < -0.3 is 10.5 Å². The summed E-state index contributed by atoms with van der Waals surface area (Å²) in [5.41, 5.74) is 8.22. The zero-order valence-corrected chi connectivity index (χ0v) is 11.5. The number of nitriles is 1. The number of aromatic nitrogens is 1. The summed E-state index contributed by atoms with van der Waals surface area (Å²) in [6, 6.07) is 12.8. The van der Waals surface area contributed by atoms with Gasteiger partial charge in [0, 0.05) is 23.9 Å². The monoisotopic (exact) mass is 281 g/mol. The van der Waals surface area contributed by atoms with Crippen LogP contribution in [0, 0.1) is 11.3 Å². The highest BCUT2D eigenvalue weighted by Crippen LogP contribution is 2.10. The summed E-state index contributed by atoms with van der Waals surface area (Å²) in [5.74, 6) is -0.306. The first kappa shape index (κ1) is 14.5. The molecule has 2 rings (SSSR count). The molecule has 1 aromatic carbocycles. The zero-order valence-electron chi connectivity index (χ0n) is 11.5. The SMILES string of the molecule is N#Cc1ncccc1COC(=O)CCc1ccc(N)cc1. The normalized spacial score (nSPS) is 9.86. The Labute approximate surface area is 123 Å². The van der Waals surface area contributed by atoms with Gasteiger partial charge in [-0.05, 0) is 30.2 Å². The largest absolute Gasteiger partial charge is 0.461 e. The van der Waals surface area contributed by atoms with E-state index >= 15 is 0 Å². The highest BCUT2D eigenvalue weighted by molar-refractivity contribution is 5.69. The van der Waals surface area contributed by atoms with E-state index in [1.807, 2.05) is 18.2 Å². The predicted molar refractivity (Wildman–Crippen MR) is 77.9 cm³/mol. The van der Waals surface area contributed by atoms with Crippen molar-refractivity contribution in [2.45, 2.75) is 19.4 Å². The summed E-state index contributed by atoms with van der Waals surface area (Å²) in [5, 5.41) is 8.89. The van der Waals surface area contributed by atoms with Crippen LogP contribution in [0.1, 0.15) is 23.2 Å². The van der Waals surface area contributed by atoms with Crippen LogP contribution < -0.4 is 5.73 Å². The zero-order chi connectivity index (χ0) is 15.1. The molecule has 21 heavy (non-hydrogen) atoms. The lowest BCUT2D eigenvalue weighted by atomic mass is 10.1. The number of aryl methyl sites for hydroxylation is 1. The summed E-state index contributed by atoms with van der Waals surface area (Å²) in [7, 11) is 0. The molecule has 0 unspecified atom stereocenters. The first-order chi connectivity index (χ1) is 10.2. The molecular formula is C16H15N3O2. The molecule has 106 valence electrons. The third-order valence-electron chi connectivity index (χ3n) is 2.98. The fourth-order valence-corrected chi connectivity index (χ4v) is 1.82. The standard InChI is InChI=1S/C16H15N3O2/c17-10-15-13(2-1-9-19-15)11-21-16(20)8-5-12-3-6-14(18)7-4-12/h1-4,6-7,9H,5,8,11,18H2. The van der Waals surface area contributed by atoms with Crippen LogP contribution >= 0.6 is 0 Å². The summed E-state index contributed by atoms with van der Waals surface area (Å²) in [4.78, 5) is 15.6. The van der Waals surface area contributed by atoms with Gasteiger partial charge in [-0.2, -0.15) is 5.26 Å². The van der Waals surface area contributed by atoms with Crippen molar-refractivity contribution < 1.29 is 9.53 Å². The summed E-state index contributed by atoms with van der Waals surface area (Å²) >= 11 is 0. The Hall–Kier alpha value is -2.87. The van der Waals surface area contributed by atoms with Gasteiger partial charge in [-0.1, -0.05) is 18.2 Å². The lowest BCUT2D eigenvalue weighted by Gasteiger charge is -2.06. The highest BCUT2D eigenvalue weighted by atomic mass is 16.5. The second-order valence-electron chi connectivity index (χ2n) is 4.53. The van der Waals surface area contributed by atoms with Crippen molar-refractivity contribution in [2.75, 3.05) is 5.73 Å². The maximum Gasteiger partial charge on any atom is 0.306 e. The number of hydrogen-bond acceptors (Lipinski definition) is 5. The smallest absolute Gasteiger partial charge is 0.306 e. The topological polar surface area (TPSA) is 89.0 Å². The molecule has 0 saturated carbocycles. The molecule has 0 aliphatic rings. The number of carbonyl (C=O) groups excluding carboxylic acids is 1. The molecular weight excluding hydrogens is 266 g/mol. The van der Waals surface area contributed by atoms with Crippen LogP contribution in [0.15, 0.2) is 42.6 Å². The van der Waals surface area contributed by atoms with Gasteiger partial charge in [0.05, 0.1) is 0 Å². The summed E-state index contributed by atoms with van der Waals surface area (Å²) in [6.45, 7) is 0.0668. The van der Waals surface area contributed by atoms with Gasteiger partial charge in [0.15, 0.2) is 0 Å². The quantitative estimate of drug-likeness (QED) is 0.670. The fraction of sp³-hybridized carbons (Fsp3) is 0.188. The number of nitrogens with zero attached hydrogens (tertiary/aromatic N) is 2. The Morgan fingerprint density at radius 1 is 1.29 bits per heavy atom. The summed E-state index contributed by atoms with van der Waals surface area (Å²) in [6.07, 6.45) is 2.41. The second-order valence-corrected chi connectivity index (χ2v) is 4.53. The Morgan fingerprint density at radius 3 is 2.76 bits per heavy atom. The number of nitrogen functional groups attached to an aromatic ring is 1. The first-order valence-electron chi connectivity index (χ1n) is 6.53. The number of esters is 1. The lowest BCUT2D eigenvalue weighted by Crippen LogP contribution is -2.07. The van der Waals surface area contributed by atoms with Gasteiger partial charge in [-0.3, -0.25) is 4.79 Å². The third kappa shape index (κ3) is 4.32. The van der Waals surface area contributed by atoms with Crippen molar-refractivity contribution in [1.82, 2.24) is 4.98 Å². The van der Waals surface area contributed by atoms with Crippen molar-refractivity contribution in [2.24, 2.45) is 0 Å². The van der Waals surface area contributed by atoms with Crippen LogP contribution in [0.2, 0.25) is 0 Å². The van der Waals surface area contributed by atoms with Gasteiger partial charge in [0.25, 0.3) is 0 Å². The van der Waals surface area contributed by atoms with Gasteiger partial charge in [0.1, 0.15) is 18.4 Å². The molecule has 2 N–H and O–H groups in total. The molecule has 0 aliphatic carbocycles. The van der Waals surface area contributed by atoms with Crippen molar-refractivity contribution in [3.05, 3.63) is 59.4 Å². The molecule has 1 aromatic heterocycles. The maximum atomic E-state index is 11.7. The fourth-order valence-electron chi connectivity index (χ4n) is 1.82. The minimum Gasteiger partial charge on any atom is -0.461 e. The van der Waals surface area contributed by atoms with Gasteiger partial charge in [0.2, 0.25) is 0 Å². The number of hydrogen-bond donors (Lipinski definition) is 1. The number of pyridine rings is 1. The van der Waals surface area contributed by atoms with Gasteiger partial charge in [-0.25, -0.2) is 4.98 Å². The molecule has 0 aliphatic heterocycles. The number of ether oxygens (including phenoxy) is 1. The molecule has 0 fully saturated rings. The minimum atomic E-state index is -0.306. The summed E-state index contributed by atoms with van der Waals surface area (Å²) < 4.78 is 5.16. The highest BCUT2D eigenvalue weighted by Gasteiger charge is 2.07. The minimum absolute atomic E-state index is 0.0668. The van der Waals surface area contributed by atoms with Crippen molar-refractivity contribution in [3.63, 3.8) is 0 Å². The Balaban J connectivity index is 1.82. The molecule has 0 bridgehead atoms. The van der Waals surface area contributed by atoms with E-state index in [0.29, 0.717) is 17.7 Å². The number of carbonyl (C=O) groups is 1. The van der Waals surface area contributed by atoms with Crippen molar-refractivity contribution in [3.8, 4) is 6.07 Å². The van der Waals surface area contributed by atoms with E-state index in [4.69, 9.17) is 15.7 Å². The van der Waals surface area contributed by atoms with Crippen LogP contribution in [0.25, 0.3) is 0 Å². The van der Waals surface area contributed by atoms with E-state index in [1.165, 1.54) is 6.20 Å². The van der Waals surface area contributed by atoms with Crippen LogP contribution in [0.3, 0.4) is 0 Å². The maximum absolute atomic E-state index is 11.7. The number of benzene rings is 1. The van der Waals surface area contributed by atoms with Crippen LogP contribution in [-0.4, -0.2) is 11.0 Å². The van der Waals surface area contributed by atoms with Crippen LogP contribution in [-0.2, 0) is 22.6 Å². The van der Waals surface area contributed by atoms with Crippen molar-refractivity contribution in [1.29, 1.82) is 5.26 Å². The van der Waals surface area contributed by atoms with Crippen molar-refractivity contribution >= 4 is 11.7 Å². The Morgan fingerprint density at radius 2 is 2.05 bits per heavy atom. The molecule has 2 aromatic rings. The molecule has 0 spiro atoms. The van der Waals surface area contributed by atoms with E-state index in [0.717, 1.165) is 5.56 Å². The third-order valence-corrected chi connectivity index (χ3v) is 2.98. The lowest BCUT2D eigenvalue weighted by molar-refractivity contribution is -0.144. The molecule has 1 heterocycles. The molecule has 0 amide bonds. The van der Waals surface area contributed by atoms with E-state index < -0.39 is 0 Å². The Bertz CT molecular complexity index is 660. The van der Waals surface area contributed by atoms with E-state index in [2.05, 4.69) is 4.98 Å². The molecule has 0 radical (unpaired) electrons. The predicted octanol–water partition coefficient (Wildman–Crippen LogP) is 2.21. The molecule has 0 atom stereocenters. The first-order valence-corrected chi connectivity index (χ1v) is 6.53. The molecule has 0 saturated heterocycles. The van der Waals surface area contributed by atoms with E-state index in [1.54, 1.807) is 24.3 Å². The number of anilines is 1. The Kier molecular flexibility index (Phi) is 4.89. The van der Waals surface area contributed by atoms with Gasteiger partial charge in [-0.15, -0.1) is 0 Å². The van der Waals surface area contributed by atoms with Gasteiger partial charge >= 0.3 is 5.97 Å². The number of nitrogens with two attached hydrogens (primary N) is 1. The van der Waals surface area contributed by atoms with Crippen LogP contribution in [0.5, 0.6) is 0 Å². The number of rotatable bonds is 5. The molecule has 5 nitrogen and oxygen atoms in total. The van der Waals surface area contributed by atoms with E-state index in [-0.39, 0.29) is 24.7 Å². The molecule has 5 heteroatoms. The average molecular weight is 281 g/mol. The van der Waals surface area contributed by atoms with E-state index in [9.17, 15) is 4.79 Å². The second kappa shape index (κ2) is 7.06.